The van der Waals surface area contributed by atoms with E-state index >= 15 is 0 Å². The van der Waals surface area contributed by atoms with Gasteiger partial charge in [-0.3, -0.25) is 4.79 Å². The van der Waals surface area contributed by atoms with Gasteiger partial charge in [0.15, 0.2) is 0 Å². The normalized spacial score (nSPS) is 23.3. The number of ether oxygens (including phenoxy) is 1. The minimum absolute atomic E-state index is 0.0999. The van der Waals surface area contributed by atoms with Gasteiger partial charge >= 0.3 is 6.09 Å². The summed E-state index contributed by atoms with van der Waals surface area (Å²) in [5, 5.41) is 0. The van der Waals surface area contributed by atoms with Crippen LogP contribution < -0.4 is 0 Å². The van der Waals surface area contributed by atoms with E-state index in [9.17, 15) is 9.59 Å². The van der Waals surface area contributed by atoms with E-state index in [2.05, 4.69) is 6.58 Å². The SMILES string of the molecule is C=C1CC[C@H](C(=O)N2C(=O)OC[C@@H]2Cc2ccccc2)C1.CC. The van der Waals surface area contributed by atoms with Crippen molar-refractivity contribution in [1.82, 2.24) is 4.90 Å². The number of carbonyl (C=O) groups excluding carboxylic acids is 2. The predicted molar refractivity (Wildman–Crippen MR) is 90.0 cm³/mol. The van der Waals surface area contributed by atoms with E-state index in [-0.39, 0.29) is 24.5 Å². The molecule has 4 heteroatoms. The maximum atomic E-state index is 12.6. The Bertz CT molecular complexity index is 567. The van der Waals surface area contributed by atoms with Gasteiger partial charge in [0.25, 0.3) is 0 Å². The molecule has 0 bridgehead atoms. The monoisotopic (exact) mass is 315 g/mol. The number of imide groups is 1. The molecule has 1 heterocycles. The molecular weight excluding hydrogens is 290 g/mol. The standard InChI is InChI=1S/C17H19NO3.C2H6/c1-12-7-8-14(9-12)16(19)18-15(11-21-17(18)20)10-13-5-3-2-4-6-13;1-2/h2-6,14-15H,1,7-11H2;1-2H3/t14-,15-;/m0./s1. The first-order valence-corrected chi connectivity index (χ1v) is 8.35. The molecule has 1 aliphatic heterocycles. The molecule has 1 saturated carbocycles. The van der Waals surface area contributed by atoms with Gasteiger partial charge in [-0.1, -0.05) is 56.3 Å². The highest BCUT2D eigenvalue weighted by atomic mass is 16.6. The number of cyclic esters (lactones) is 1. The van der Waals surface area contributed by atoms with Crippen molar-refractivity contribution in [2.24, 2.45) is 5.92 Å². The van der Waals surface area contributed by atoms with E-state index in [1.165, 1.54) is 4.90 Å². The number of carbonyl (C=O) groups is 2. The number of nitrogens with zero attached hydrogens (tertiary/aromatic N) is 1. The maximum Gasteiger partial charge on any atom is 0.416 e. The van der Waals surface area contributed by atoms with Crippen molar-refractivity contribution >= 4 is 12.0 Å². The molecule has 2 fully saturated rings. The van der Waals surface area contributed by atoms with Crippen LogP contribution in [0.5, 0.6) is 0 Å². The fraction of sp³-hybridized carbons (Fsp3) is 0.474. The number of rotatable bonds is 3. The zero-order chi connectivity index (χ0) is 16.8. The van der Waals surface area contributed by atoms with Crippen molar-refractivity contribution in [2.75, 3.05) is 6.61 Å². The lowest BCUT2D eigenvalue weighted by Gasteiger charge is -2.22. The van der Waals surface area contributed by atoms with Crippen LogP contribution in [0, 0.1) is 5.92 Å². The third-order valence-corrected chi connectivity index (χ3v) is 4.24. The molecule has 0 radical (unpaired) electrons. The molecule has 1 saturated heterocycles. The van der Waals surface area contributed by atoms with Crippen molar-refractivity contribution < 1.29 is 14.3 Å². The maximum absolute atomic E-state index is 12.6. The molecule has 1 aromatic rings. The van der Waals surface area contributed by atoms with Crippen LogP contribution in [0.2, 0.25) is 0 Å². The van der Waals surface area contributed by atoms with Crippen molar-refractivity contribution in [3.05, 3.63) is 48.0 Å². The van der Waals surface area contributed by atoms with Gasteiger partial charge in [-0.2, -0.15) is 0 Å². The van der Waals surface area contributed by atoms with Crippen LogP contribution in [0.15, 0.2) is 42.5 Å². The average molecular weight is 315 g/mol. The van der Waals surface area contributed by atoms with Crippen molar-refractivity contribution in [3.8, 4) is 0 Å². The quantitative estimate of drug-likeness (QED) is 0.793. The van der Waals surface area contributed by atoms with Crippen molar-refractivity contribution in [3.63, 3.8) is 0 Å². The topological polar surface area (TPSA) is 46.6 Å². The first-order valence-electron chi connectivity index (χ1n) is 8.35. The van der Waals surface area contributed by atoms with Crippen LogP contribution in [-0.4, -0.2) is 29.5 Å². The Morgan fingerprint density at radius 3 is 2.61 bits per heavy atom. The molecule has 2 aliphatic rings. The minimum atomic E-state index is -0.501. The Hall–Kier alpha value is -2.10. The first kappa shape index (κ1) is 17.3. The van der Waals surface area contributed by atoms with Gasteiger partial charge in [0.05, 0.1) is 6.04 Å². The van der Waals surface area contributed by atoms with Gasteiger partial charge in [0.2, 0.25) is 5.91 Å². The van der Waals surface area contributed by atoms with Gasteiger partial charge in [-0.25, -0.2) is 9.69 Å². The zero-order valence-corrected chi connectivity index (χ0v) is 14.0. The Balaban J connectivity index is 0.000000924. The van der Waals surface area contributed by atoms with Crippen LogP contribution in [0.3, 0.4) is 0 Å². The molecule has 0 aromatic heterocycles. The Kier molecular flexibility index (Phi) is 5.97. The van der Waals surface area contributed by atoms with Crippen LogP contribution >= 0.6 is 0 Å². The molecule has 1 aromatic carbocycles. The number of allylic oxidation sites excluding steroid dienone is 1. The summed E-state index contributed by atoms with van der Waals surface area (Å²) in [5.74, 6) is -0.210. The minimum Gasteiger partial charge on any atom is -0.447 e. The molecule has 0 spiro atoms. The van der Waals surface area contributed by atoms with E-state index in [1.54, 1.807) is 0 Å². The summed E-state index contributed by atoms with van der Waals surface area (Å²) in [5.41, 5.74) is 2.20. The van der Waals surface area contributed by atoms with E-state index in [0.29, 0.717) is 12.8 Å². The summed E-state index contributed by atoms with van der Waals surface area (Å²) in [4.78, 5) is 25.8. The zero-order valence-electron chi connectivity index (χ0n) is 14.0. The van der Waals surface area contributed by atoms with Gasteiger partial charge in [-0.15, -0.1) is 0 Å². The van der Waals surface area contributed by atoms with Crippen LogP contribution in [0.1, 0.15) is 38.7 Å². The van der Waals surface area contributed by atoms with Crippen molar-refractivity contribution in [1.29, 1.82) is 0 Å². The van der Waals surface area contributed by atoms with Crippen LogP contribution in [0.25, 0.3) is 0 Å². The van der Waals surface area contributed by atoms with Gasteiger partial charge < -0.3 is 4.74 Å². The summed E-state index contributed by atoms with van der Waals surface area (Å²) in [6.07, 6.45) is 2.51. The highest BCUT2D eigenvalue weighted by Gasteiger charge is 2.41. The van der Waals surface area contributed by atoms with Crippen LogP contribution in [-0.2, 0) is 16.0 Å². The number of benzene rings is 1. The van der Waals surface area contributed by atoms with Crippen LogP contribution in [0.4, 0.5) is 4.79 Å². The average Bonchev–Trinajstić information content (AvgIpc) is 3.16. The molecule has 23 heavy (non-hydrogen) atoms. The summed E-state index contributed by atoms with van der Waals surface area (Å²) in [7, 11) is 0. The fourth-order valence-electron chi connectivity index (χ4n) is 3.11. The van der Waals surface area contributed by atoms with Crippen molar-refractivity contribution in [2.45, 2.75) is 45.6 Å². The number of hydrogen-bond donors (Lipinski definition) is 0. The largest absolute Gasteiger partial charge is 0.447 e. The lowest BCUT2D eigenvalue weighted by atomic mass is 10.0. The molecule has 3 rings (SSSR count). The summed E-state index contributed by atoms with van der Waals surface area (Å²) in [6, 6.07) is 9.68. The lowest BCUT2D eigenvalue weighted by molar-refractivity contribution is -0.133. The van der Waals surface area contributed by atoms with E-state index in [1.807, 2.05) is 44.2 Å². The van der Waals surface area contributed by atoms with Gasteiger partial charge in [0, 0.05) is 5.92 Å². The molecular formula is C19H25NO3. The smallest absolute Gasteiger partial charge is 0.416 e. The van der Waals surface area contributed by atoms with Gasteiger partial charge in [-0.05, 0) is 31.2 Å². The third-order valence-electron chi connectivity index (χ3n) is 4.24. The third kappa shape index (κ3) is 4.01. The molecule has 1 aliphatic carbocycles. The second kappa shape index (κ2) is 7.95. The highest BCUT2D eigenvalue weighted by molar-refractivity contribution is 5.95. The molecule has 124 valence electrons. The summed E-state index contributed by atoms with van der Waals surface area (Å²) >= 11 is 0. The number of amides is 2. The second-order valence-corrected chi connectivity index (χ2v) is 5.82. The molecule has 2 atom stereocenters. The molecule has 0 unspecified atom stereocenters. The number of hydrogen-bond acceptors (Lipinski definition) is 3. The highest BCUT2D eigenvalue weighted by Crippen LogP contribution is 2.32. The molecule has 4 nitrogen and oxygen atoms in total. The van der Waals surface area contributed by atoms with Gasteiger partial charge in [0.1, 0.15) is 6.61 Å². The Morgan fingerprint density at radius 1 is 1.30 bits per heavy atom. The summed E-state index contributed by atoms with van der Waals surface area (Å²) in [6.45, 7) is 8.22. The predicted octanol–water partition coefficient (Wildman–Crippen LogP) is 3.96. The van der Waals surface area contributed by atoms with E-state index in [4.69, 9.17) is 4.74 Å². The summed E-state index contributed by atoms with van der Waals surface area (Å²) < 4.78 is 5.10. The lowest BCUT2D eigenvalue weighted by Crippen LogP contribution is -2.43. The molecule has 2 amide bonds. The Morgan fingerprint density at radius 2 is 2.00 bits per heavy atom. The van der Waals surface area contributed by atoms with E-state index in [0.717, 1.165) is 24.0 Å². The second-order valence-electron chi connectivity index (χ2n) is 5.82. The Labute approximate surface area is 138 Å². The molecule has 0 N–H and O–H groups in total. The van der Waals surface area contributed by atoms with E-state index < -0.39 is 6.09 Å². The first-order chi connectivity index (χ1) is 11.1. The fourth-order valence-corrected chi connectivity index (χ4v) is 3.11.